The van der Waals surface area contributed by atoms with Gasteiger partial charge in [0.15, 0.2) is 0 Å². The van der Waals surface area contributed by atoms with Gasteiger partial charge in [-0.3, -0.25) is 0 Å². The molecule has 0 bridgehead atoms. The van der Waals surface area contributed by atoms with E-state index >= 15 is 0 Å². The highest BCUT2D eigenvalue weighted by Gasteiger charge is 2.64. The fourth-order valence-electron chi connectivity index (χ4n) is 2.00. The van der Waals surface area contributed by atoms with E-state index in [0.717, 1.165) is 19.2 Å². The molecule has 0 spiro atoms. The average molecular weight is 354 g/mol. The van der Waals surface area contributed by atoms with Crippen molar-refractivity contribution >= 4 is 21.7 Å². The third-order valence-electron chi connectivity index (χ3n) is 3.07. The first kappa shape index (κ1) is 19.2. The Morgan fingerprint density at radius 1 is 1.17 bits per heavy atom. The van der Waals surface area contributed by atoms with Gasteiger partial charge in [-0.15, -0.1) is 0 Å². The molecule has 23 heavy (non-hydrogen) atoms. The summed E-state index contributed by atoms with van der Waals surface area (Å²) in [5.41, 5.74) is -3.53. The quantitative estimate of drug-likeness (QED) is 0.805. The lowest BCUT2D eigenvalue weighted by atomic mass is 9.90. The van der Waals surface area contributed by atoms with E-state index in [4.69, 9.17) is 0 Å². The SMILES string of the molecule is COC(=O)[C@@](NS(C)(=O)=O)(c1ccc(N(C)C)cc1)C(F)(F)F. The molecular formula is C13H17F3N2O4S. The molecule has 0 aliphatic carbocycles. The van der Waals surface area contributed by atoms with Crippen LogP contribution in [0.3, 0.4) is 0 Å². The Kier molecular flexibility index (Phi) is 5.32. The largest absolute Gasteiger partial charge is 0.467 e. The number of alkyl halides is 3. The maximum atomic E-state index is 13.6. The average Bonchev–Trinajstić information content (AvgIpc) is 2.41. The Morgan fingerprint density at radius 3 is 1.96 bits per heavy atom. The van der Waals surface area contributed by atoms with E-state index in [9.17, 15) is 26.4 Å². The summed E-state index contributed by atoms with van der Waals surface area (Å²) in [7, 11) is -0.262. The number of rotatable bonds is 5. The van der Waals surface area contributed by atoms with Crippen LogP contribution >= 0.6 is 0 Å². The van der Waals surface area contributed by atoms with Crippen LogP contribution in [0.4, 0.5) is 18.9 Å². The first-order valence-electron chi connectivity index (χ1n) is 6.27. The van der Waals surface area contributed by atoms with Crippen molar-refractivity contribution in [3.05, 3.63) is 29.8 Å². The summed E-state index contributed by atoms with van der Waals surface area (Å²) in [6.07, 6.45) is -4.71. The van der Waals surface area contributed by atoms with Gasteiger partial charge >= 0.3 is 12.1 Å². The maximum Gasteiger partial charge on any atom is 0.422 e. The molecule has 0 aliphatic rings. The van der Waals surface area contributed by atoms with Crippen molar-refractivity contribution < 1.29 is 31.1 Å². The summed E-state index contributed by atoms with van der Waals surface area (Å²) in [6, 6.07) is 4.72. The minimum Gasteiger partial charge on any atom is -0.467 e. The Morgan fingerprint density at radius 2 is 1.65 bits per heavy atom. The first-order chi connectivity index (χ1) is 10.3. The first-order valence-corrected chi connectivity index (χ1v) is 8.16. The Balaban J connectivity index is 3.64. The van der Waals surface area contributed by atoms with Crippen LogP contribution in [0.2, 0.25) is 0 Å². The topological polar surface area (TPSA) is 75.7 Å². The number of esters is 1. The fraction of sp³-hybridized carbons (Fsp3) is 0.462. The van der Waals surface area contributed by atoms with Gasteiger partial charge in [-0.25, -0.2) is 13.2 Å². The van der Waals surface area contributed by atoms with Gasteiger partial charge in [0.2, 0.25) is 10.0 Å². The molecule has 1 N–H and O–H groups in total. The molecule has 0 radical (unpaired) electrons. The minimum atomic E-state index is -5.25. The van der Waals surface area contributed by atoms with E-state index in [2.05, 4.69) is 4.74 Å². The number of hydrogen-bond donors (Lipinski definition) is 1. The molecule has 130 valence electrons. The lowest BCUT2D eigenvalue weighted by Crippen LogP contribution is -2.61. The number of hydrogen-bond acceptors (Lipinski definition) is 5. The van der Waals surface area contributed by atoms with Gasteiger partial charge in [0.25, 0.3) is 5.54 Å². The van der Waals surface area contributed by atoms with Crippen LogP contribution in [0.25, 0.3) is 0 Å². The highest BCUT2D eigenvalue weighted by Crippen LogP contribution is 2.41. The second-order valence-corrected chi connectivity index (χ2v) is 6.80. The van der Waals surface area contributed by atoms with Gasteiger partial charge in [0, 0.05) is 19.8 Å². The van der Waals surface area contributed by atoms with Gasteiger partial charge in [0.1, 0.15) is 0 Å². The Labute approximate surface area is 132 Å². The lowest BCUT2D eigenvalue weighted by Gasteiger charge is -2.33. The number of nitrogens with one attached hydrogen (secondary N) is 1. The molecule has 0 saturated carbocycles. The summed E-state index contributed by atoms with van der Waals surface area (Å²) in [5, 5.41) is 0. The number of carbonyl (C=O) groups excluding carboxylic acids is 1. The zero-order valence-electron chi connectivity index (χ0n) is 12.9. The molecule has 0 unspecified atom stereocenters. The second kappa shape index (κ2) is 6.36. The summed E-state index contributed by atoms with van der Waals surface area (Å²) < 4.78 is 69.4. The van der Waals surface area contributed by atoms with E-state index in [1.165, 1.54) is 16.9 Å². The standard InChI is InChI=1S/C13H17F3N2O4S/c1-18(2)10-7-5-9(6-8-10)12(11(19)22-3,13(14,15)16)17-23(4,20)21/h5-8,17H,1-4H3/t12-/m0/s1. The summed E-state index contributed by atoms with van der Waals surface area (Å²) in [4.78, 5) is 13.5. The third kappa shape index (κ3) is 3.94. The van der Waals surface area contributed by atoms with Crippen molar-refractivity contribution in [3.8, 4) is 0 Å². The molecule has 1 aromatic carbocycles. The smallest absolute Gasteiger partial charge is 0.422 e. The number of carbonyl (C=O) groups is 1. The Bertz CT molecular complexity index is 671. The van der Waals surface area contributed by atoms with E-state index in [1.807, 2.05) is 0 Å². The van der Waals surface area contributed by atoms with E-state index in [1.54, 1.807) is 19.0 Å². The van der Waals surface area contributed by atoms with Gasteiger partial charge < -0.3 is 9.64 Å². The molecule has 0 aromatic heterocycles. The number of sulfonamides is 1. The molecule has 10 heteroatoms. The van der Waals surface area contributed by atoms with Crippen molar-refractivity contribution in [1.82, 2.24) is 4.72 Å². The van der Waals surface area contributed by atoms with Crippen LogP contribution in [0.1, 0.15) is 5.56 Å². The zero-order chi connectivity index (χ0) is 18.1. The lowest BCUT2D eigenvalue weighted by molar-refractivity contribution is -0.210. The minimum absolute atomic E-state index is 0.532. The van der Waals surface area contributed by atoms with Crippen LogP contribution in [0.15, 0.2) is 24.3 Å². The van der Waals surface area contributed by atoms with Gasteiger partial charge in [-0.05, 0) is 17.7 Å². The summed E-state index contributed by atoms with van der Waals surface area (Å²) in [6.45, 7) is 0. The normalized spacial score (nSPS) is 14.9. The Hall–Kier alpha value is -1.81. The number of halogens is 3. The van der Waals surface area contributed by atoms with Crippen LogP contribution in [0, 0.1) is 0 Å². The van der Waals surface area contributed by atoms with Gasteiger partial charge in [-0.1, -0.05) is 12.1 Å². The van der Waals surface area contributed by atoms with Crippen molar-refractivity contribution in [3.63, 3.8) is 0 Å². The molecule has 1 atom stereocenters. The predicted octanol–water partition coefficient (Wildman–Crippen LogP) is 1.23. The van der Waals surface area contributed by atoms with E-state index < -0.39 is 33.3 Å². The molecule has 1 aromatic rings. The molecule has 0 aliphatic heterocycles. The third-order valence-corrected chi connectivity index (χ3v) is 3.75. The fourth-order valence-corrected chi connectivity index (χ4v) is 2.87. The van der Waals surface area contributed by atoms with Gasteiger partial charge in [0.05, 0.1) is 13.4 Å². The molecule has 6 nitrogen and oxygen atoms in total. The van der Waals surface area contributed by atoms with Gasteiger partial charge in [-0.2, -0.15) is 17.9 Å². The van der Waals surface area contributed by atoms with Crippen LogP contribution in [-0.4, -0.2) is 48.0 Å². The predicted molar refractivity (Wildman–Crippen MR) is 78.5 cm³/mol. The molecule has 0 fully saturated rings. The van der Waals surface area contributed by atoms with Crippen molar-refractivity contribution in [2.24, 2.45) is 0 Å². The number of ether oxygens (including phenoxy) is 1. The molecule has 0 heterocycles. The zero-order valence-corrected chi connectivity index (χ0v) is 13.7. The van der Waals surface area contributed by atoms with Crippen LogP contribution in [0.5, 0.6) is 0 Å². The second-order valence-electron chi connectivity index (χ2n) is 5.05. The molecule has 0 saturated heterocycles. The maximum absolute atomic E-state index is 13.6. The highest BCUT2D eigenvalue weighted by atomic mass is 32.2. The molecular weight excluding hydrogens is 337 g/mol. The van der Waals surface area contributed by atoms with Crippen molar-refractivity contribution in [1.29, 1.82) is 0 Å². The van der Waals surface area contributed by atoms with E-state index in [-0.39, 0.29) is 0 Å². The number of benzene rings is 1. The number of anilines is 1. The van der Waals surface area contributed by atoms with Crippen LogP contribution in [-0.2, 0) is 25.1 Å². The molecule has 1 rings (SSSR count). The highest BCUT2D eigenvalue weighted by molar-refractivity contribution is 7.88. The summed E-state index contributed by atoms with van der Waals surface area (Å²) in [5.74, 6) is -1.77. The monoisotopic (exact) mass is 354 g/mol. The van der Waals surface area contributed by atoms with Crippen molar-refractivity contribution in [2.75, 3.05) is 32.4 Å². The molecule has 0 amide bonds. The number of methoxy groups -OCH3 is 1. The summed E-state index contributed by atoms with van der Waals surface area (Å²) >= 11 is 0. The van der Waals surface area contributed by atoms with Crippen molar-refractivity contribution in [2.45, 2.75) is 11.7 Å². The van der Waals surface area contributed by atoms with E-state index in [0.29, 0.717) is 11.9 Å². The number of nitrogens with zero attached hydrogens (tertiary/aromatic N) is 1. The van der Waals surface area contributed by atoms with Crippen LogP contribution < -0.4 is 9.62 Å².